The summed E-state index contributed by atoms with van der Waals surface area (Å²) in [6.45, 7) is 0. The summed E-state index contributed by atoms with van der Waals surface area (Å²) in [7, 11) is 2.48. The van der Waals surface area contributed by atoms with Gasteiger partial charge in [0.2, 0.25) is 0 Å². The number of esters is 2. The van der Waals surface area contributed by atoms with Gasteiger partial charge in [-0.3, -0.25) is 0 Å². The maximum Gasteiger partial charge on any atom is 0.355 e. The molecule has 0 unspecified atom stereocenters. The van der Waals surface area contributed by atoms with Gasteiger partial charge in [-0.2, -0.15) is 0 Å². The molecule has 3 aromatic rings. The van der Waals surface area contributed by atoms with E-state index < -0.39 is 17.9 Å². The first-order valence-electron chi connectivity index (χ1n) is 9.81. The van der Waals surface area contributed by atoms with Gasteiger partial charge in [-0.15, -0.1) is 0 Å². The smallest absolute Gasteiger partial charge is 0.355 e. The molecule has 0 saturated carbocycles. The molecular weight excluding hydrogens is 426 g/mol. The molecule has 0 bridgehead atoms. The number of nitrogens with zero attached hydrogens (tertiary/aromatic N) is 2. The Morgan fingerprint density at radius 2 is 1.70 bits per heavy atom. The largest absolute Gasteiger partial charge is 0.478 e. The minimum absolute atomic E-state index is 0.0204. The number of aromatic nitrogens is 2. The second kappa shape index (κ2) is 8.83. The molecule has 4 rings (SSSR count). The summed E-state index contributed by atoms with van der Waals surface area (Å²) >= 11 is 0. The molecule has 1 aliphatic heterocycles. The van der Waals surface area contributed by atoms with Crippen LogP contribution in [0.2, 0.25) is 0 Å². The van der Waals surface area contributed by atoms with E-state index >= 15 is 0 Å². The molecule has 2 aromatic carbocycles. The monoisotopic (exact) mass is 445 g/mol. The molecule has 0 spiro atoms. The van der Waals surface area contributed by atoms with Gasteiger partial charge in [0.25, 0.3) is 0 Å². The van der Waals surface area contributed by atoms with E-state index in [-0.39, 0.29) is 16.8 Å². The summed E-state index contributed by atoms with van der Waals surface area (Å²) in [5, 5.41) is 9.18. The van der Waals surface area contributed by atoms with E-state index in [9.17, 15) is 19.5 Å². The van der Waals surface area contributed by atoms with Crippen molar-refractivity contribution in [2.45, 2.75) is 0 Å². The Labute approximate surface area is 188 Å². The Morgan fingerprint density at radius 3 is 2.36 bits per heavy atom. The summed E-state index contributed by atoms with van der Waals surface area (Å²) in [6.07, 6.45) is 6.44. The predicted octanol–water partition coefficient (Wildman–Crippen LogP) is 3.42. The fourth-order valence-corrected chi connectivity index (χ4v) is 3.42. The van der Waals surface area contributed by atoms with Crippen LogP contribution in [0.3, 0.4) is 0 Å². The van der Waals surface area contributed by atoms with Crippen molar-refractivity contribution in [1.29, 1.82) is 0 Å². The maximum absolute atomic E-state index is 12.5. The number of anilines is 1. The fraction of sp³-hybridized carbons (Fsp3) is 0.0833. The van der Waals surface area contributed by atoms with E-state index in [1.165, 1.54) is 32.4 Å². The van der Waals surface area contributed by atoms with Gasteiger partial charge in [-0.25, -0.2) is 19.4 Å². The molecule has 9 nitrogen and oxygen atoms in total. The van der Waals surface area contributed by atoms with Gasteiger partial charge in [-0.05, 0) is 54.6 Å². The summed E-state index contributed by atoms with van der Waals surface area (Å²) in [5.74, 6) is -1.81. The molecule has 0 saturated heterocycles. The Bertz CT molecular complexity index is 1350. The first-order valence-corrected chi connectivity index (χ1v) is 9.81. The van der Waals surface area contributed by atoms with E-state index in [1.54, 1.807) is 53.6 Å². The molecule has 0 aliphatic carbocycles. The van der Waals surface area contributed by atoms with Crippen LogP contribution in [0.1, 0.15) is 10.4 Å². The lowest BCUT2D eigenvalue weighted by Gasteiger charge is -2.23. The van der Waals surface area contributed by atoms with Crippen molar-refractivity contribution in [1.82, 2.24) is 9.97 Å². The lowest BCUT2D eigenvalue weighted by Crippen LogP contribution is -2.26. The van der Waals surface area contributed by atoms with Gasteiger partial charge in [0, 0.05) is 17.5 Å². The minimum Gasteiger partial charge on any atom is -0.478 e. The highest BCUT2D eigenvalue weighted by Gasteiger charge is 2.27. The number of H-pyrrole nitrogens is 1. The Balaban J connectivity index is 1.72. The Kier molecular flexibility index (Phi) is 5.77. The molecule has 2 heterocycles. The number of aromatic amines is 1. The predicted molar refractivity (Wildman–Crippen MR) is 120 cm³/mol. The average Bonchev–Trinajstić information content (AvgIpc) is 3.14. The number of hydrogen-bond donors (Lipinski definition) is 2. The number of carboxylic acid groups (broad SMARTS) is 1. The van der Waals surface area contributed by atoms with Crippen LogP contribution < -0.4 is 4.90 Å². The number of carbonyl (C=O) groups is 3. The van der Waals surface area contributed by atoms with Gasteiger partial charge in [0.15, 0.2) is 0 Å². The summed E-state index contributed by atoms with van der Waals surface area (Å²) < 4.78 is 9.73. The molecule has 0 amide bonds. The van der Waals surface area contributed by atoms with Crippen molar-refractivity contribution in [2.75, 3.05) is 19.1 Å². The van der Waals surface area contributed by atoms with Crippen LogP contribution in [-0.2, 0) is 19.1 Å². The third kappa shape index (κ3) is 4.11. The highest BCUT2D eigenvalue weighted by molar-refractivity contribution is 6.05. The average molecular weight is 445 g/mol. The number of hydrogen-bond acceptors (Lipinski definition) is 7. The number of methoxy groups -OCH3 is 2. The van der Waals surface area contributed by atoms with E-state index in [4.69, 9.17) is 9.47 Å². The molecule has 166 valence electrons. The van der Waals surface area contributed by atoms with Gasteiger partial charge in [0.1, 0.15) is 11.5 Å². The number of aromatic carboxylic acids is 1. The van der Waals surface area contributed by atoms with Crippen LogP contribution in [0.4, 0.5) is 5.69 Å². The topological polar surface area (TPSA) is 122 Å². The van der Waals surface area contributed by atoms with Crippen LogP contribution in [0.5, 0.6) is 0 Å². The maximum atomic E-state index is 12.5. The van der Waals surface area contributed by atoms with Crippen molar-refractivity contribution >= 4 is 34.6 Å². The lowest BCUT2D eigenvalue weighted by molar-refractivity contribution is -0.139. The highest BCUT2D eigenvalue weighted by atomic mass is 16.5. The van der Waals surface area contributed by atoms with Crippen molar-refractivity contribution in [3.63, 3.8) is 0 Å². The van der Waals surface area contributed by atoms with E-state index in [0.29, 0.717) is 22.5 Å². The first kappa shape index (κ1) is 21.6. The summed E-state index contributed by atoms with van der Waals surface area (Å²) in [4.78, 5) is 45.2. The van der Waals surface area contributed by atoms with Gasteiger partial charge < -0.3 is 24.5 Å². The van der Waals surface area contributed by atoms with Crippen molar-refractivity contribution in [3.05, 3.63) is 83.7 Å². The quantitative estimate of drug-likeness (QED) is 0.573. The third-order valence-corrected chi connectivity index (χ3v) is 5.04. The molecule has 1 aliphatic rings. The van der Waals surface area contributed by atoms with Crippen LogP contribution >= 0.6 is 0 Å². The fourth-order valence-electron chi connectivity index (χ4n) is 3.42. The molecule has 0 fully saturated rings. The van der Waals surface area contributed by atoms with Crippen LogP contribution in [0.25, 0.3) is 22.4 Å². The lowest BCUT2D eigenvalue weighted by atomic mass is 10.1. The van der Waals surface area contributed by atoms with E-state index in [1.807, 2.05) is 0 Å². The third-order valence-electron chi connectivity index (χ3n) is 5.04. The Morgan fingerprint density at radius 1 is 0.970 bits per heavy atom. The zero-order valence-electron chi connectivity index (χ0n) is 17.7. The molecule has 33 heavy (non-hydrogen) atoms. The molecule has 1 aromatic heterocycles. The number of fused-ring (bicyclic) bond motifs is 1. The van der Waals surface area contributed by atoms with Crippen LogP contribution in [0, 0.1) is 0 Å². The van der Waals surface area contributed by atoms with Gasteiger partial charge in [0.05, 0.1) is 36.4 Å². The number of benzene rings is 2. The Hall–Kier alpha value is -4.66. The number of allylic oxidation sites excluding steroid dienone is 2. The molecular formula is C24H19N3O6. The van der Waals surface area contributed by atoms with Gasteiger partial charge in [-0.1, -0.05) is 6.08 Å². The van der Waals surface area contributed by atoms with E-state index in [0.717, 1.165) is 5.56 Å². The van der Waals surface area contributed by atoms with Gasteiger partial charge >= 0.3 is 17.9 Å². The number of rotatable bonds is 5. The number of ether oxygens (including phenoxy) is 2. The second-order valence-corrected chi connectivity index (χ2v) is 6.99. The van der Waals surface area contributed by atoms with Crippen molar-refractivity contribution in [2.24, 2.45) is 0 Å². The standard InChI is InChI=1S/C24H19N3O6/c1-32-23(30)17-5-3-4-12-27(20(17)24(31)33-2)16-9-6-14(7-10-16)21-25-18-11-8-15(22(28)29)13-19(18)26-21/h3-13H,1-2H3,(H,25,26)(H,28,29). The van der Waals surface area contributed by atoms with Crippen molar-refractivity contribution < 1.29 is 29.0 Å². The summed E-state index contributed by atoms with van der Waals surface area (Å²) in [5.41, 5.74) is 2.84. The molecule has 0 radical (unpaired) electrons. The normalized spacial score (nSPS) is 13.2. The SMILES string of the molecule is COC(=O)C1=C(C(=O)OC)N(c2ccc(-c3nc4ccc(C(=O)O)cc4[nH]3)cc2)C=CC=C1. The highest BCUT2D eigenvalue weighted by Crippen LogP contribution is 2.29. The minimum atomic E-state index is -1.02. The number of carbonyl (C=O) groups excluding carboxylic acids is 2. The summed E-state index contributed by atoms with van der Waals surface area (Å²) in [6, 6.07) is 11.8. The number of carboxylic acids is 1. The first-order chi connectivity index (χ1) is 15.9. The molecule has 0 atom stereocenters. The van der Waals surface area contributed by atoms with Crippen LogP contribution in [-0.4, -0.2) is 47.2 Å². The molecule has 9 heteroatoms. The van der Waals surface area contributed by atoms with Crippen molar-refractivity contribution in [3.8, 4) is 11.4 Å². The zero-order chi connectivity index (χ0) is 23.5. The second-order valence-electron chi connectivity index (χ2n) is 6.99. The van der Waals surface area contributed by atoms with E-state index in [2.05, 4.69) is 9.97 Å². The zero-order valence-corrected chi connectivity index (χ0v) is 17.7. The number of imidazole rings is 1. The molecule has 2 N–H and O–H groups in total. The number of nitrogens with one attached hydrogen (secondary N) is 1. The van der Waals surface area contributed by atoms with Crippen LogP contribution in [0.15, 0.2) is 78.2 Å².